The summed E-state index contributed by atoms with van der Waals surface area (Å²) < 4.78 is 1.82. The van der Waals surface area contributed by atoms with E-state index in [0.29, 0.717) is 35.2 Å². The van der Waals surface area contributed by atoms with E-state index in [1.54, 1.807) is 18.0 Å². The molecular formula is C26H35N7O3. The Kier molecular flexibility index (Phi) is 7.26. The maximum Gasteiger partial charge on any atom is 0.253 e. The molecule has 0 aromatic carbocycles. The number of carbonyl (C=O) groups is 2. The van der Waals surface area contributed by atoms with E-state index in [1.807, 2.05) is 44.5 Å². The molecule has 3 aromatic rings. The number of pyridine rings is 2. The number of nitrogens with one attached hydrogen (secondary N) is 2. The lowest BCUT2D eigenvalue weighted by Gasteiger charge is -2.33. The maximum absolute atomic E-state index is 13.4. The topological polar surface area (TPSA) is 139 Å². The number of amides is 2. The van der Waals surface area contributed by atoms with Gasteiger partial charge in [0, 0.05) is 48.5 Å². The minimum Gasteiger partial charge on any atom is -0.348 e. The third-order valence-corrected chi connectivity index (χ3v) is 6.85. The summed E-state index contributed by atoms with van der Waals surface area (Å²) in [7, 11) is 0. The molecule has 0 spiro atoms. The van der Waals surface area contributed by atoms with E-state index in [9.17, 15) is 14.4 Å². The van der Waals surface area contributed by atoms with Crippen LogP contribution in [-0.4, -0.2) is 55.6 Å². The van der Waals surface area contributed by atoms with Crippen molar-refractivity contribution in [2.45, 2.75) is 72.0 Å². The average Bonchev–Trinajstić information content (AvgIpc) is 3.26. The van der Waals surface area contributed by atoms with Crippen molar-refractivity contribution >= 4 is 22.8 Å². The predicted molar refractivity (Wildman–Crippen MR) is 138 cm³/mol. The molecule has 192 valence electrons. The molecule has 1 aliphatic rings. The molecule has 0 saturated carbocycles. The van der Waals surface area contributed by atoms with Crippen molar-refractivity contribution < 1.29 is 9.59 Å². The Labute approximate surface area is 210 Å². The SMILES string of the molecule is Cc1cc(C)c(CNC(=O)c2cc(C3CCN(C(=O)[C@H](C)N)CC3)nc3c2cnn3C(C)C)c(=O)[nH]1. The zero-order valence-corrected chi connectivity index (χ0v) is 21.6. The predicted octanol–water partition coefficient (Wildman–Crippen LogP) is 2.30. The fourth-order valence-electron chi connectivity index (χ4n) is 4.86. The normalized spacial score (nSPS) is 15.5. The molecule has 4 N–H and O–H groups in total. The van der Waals surface area contributed by atoms with Crippen LogP contribution >= 0.6 is 0 Å². The highest BCUT2D eigenvalue weighted by atomic mass is 16.2. The lowest BCUT2D eigenvalue weighted by Crippen LogP contribution is -2.45. The molecule has 36 heavy (non-hydrogen) atoms. The summed E-state index contributed by atoms with van der Waals surface area (Å²) in [6.45, 7) is 10.8. The number of hydrogen-bond acceptors (Lipinski definition) is 6. The Balaban J connectivity index is 1.63. The highest BCUT2D eigenvalue weighted by molar-refractivity contribution is 6.05. The summed E-state index contributed by atoms with van der Waals surface area (Å²) >= 11 is 0. The molecule has 1 fully saturated rings. The van der Waals surface area contributed by atoms with E-state index in [-0.39, 0.29) is 35.9 Å². The van der Waals surface area contributed by atoms with Gasteiger partial charge in [0.2, 0.25) is 5.91 Å². The fraction of sp³-hybridized carbons (Fsp3) is 0.500. The quantitative estimate of drug-likeness (QED) is 0.482. The second-order valence-electron chi connectivity index (χ2n) is 10.0. The number of nitrogens with two attached hydrogens (primary N) is 1. The van der Waals surface area contributed by atoms with Gasteiger partial charge in [-0.25, -0.2) is 9.67 Å². The zero-order chi connectivity index (χ0) is 26.1. The van der Waals surface area contributed by atoms with Crippen molar-refractivity contribution in [1.82, 2.24) is 30.0 Å². The van der Waals surface area contributed by atoms with E-state index in [4.69, 9.17) is 10.7 Å². The summed E-state index contributed by atoms with van der Waals surface area (Å²) in [5, 5.41) is 8.08. The molecule has 10 heteroatoms. The molecule has 10 nitrogen and oxygen atoms in total. The van der Waals surface area contributed by atoms with Gasteiger partial charge in [0.15, 0.2) is 5.65 Å². The molecule has 2 amide bonds. The van der Waals surface area contributed by atoms with Gasteiger partial charge in [-0.05, 0) is 65.2 Å². The molecular weight excluding hydrogens is 458 g/mol. The Hall–Kier alpha value is -3.53. The third kappa shape index (κ3) is 5.04. The molecule has 0 aliphatic carbocycles. The van der Waals surface area contributed by atoms with Gasteiger partial charge in [0.25, 0.3) is 11.5 Å². The standard InChI is InChI=1S/C26H35N7O3/c1-14(2)33-23-21(13-29-33)19(24(34)28-12-20-15(3)10-16(4)30-25(20)35)11-22(31-23)18-6-8-32(9-7-18)26(36)17(5)27/h10-11,13-14,17-18H,6-9,12,27H2,1-5H3,(H,28,34)(H,30,35)/t17-/m0/s1. The zero-order valence-electron chi connectivity index (χ0n) is 21.6. The largest absolute Gasteiger partial charge is 0.348 e. The fourth-order valence-corrected chi connectivity index (χ4v) is 4.86. The third-order valence-electron chi connectivity index (χ3n) is 6.85. The summed E-state index contributed by atoms with van der Waals surface area (Å²) in [5.74, 6) is -0.220. The van der Waals surface area contributed by atoms with Crippen LogP contribution in [0.4, 0.5) is 0 Å². The van der Waals surface area contributed by atoms with Gasteiger partial charge in [0.05, 0.1) is 23.2 Å². The molecule has 0 unspecified atom stereocenters. The van der Waals surface area contributed by atoms with Gasteiger partial charge in [-0.2, -0.15) is 5.10 Å². The van der Waals surface area contributed by atoms with Crippen molar-refractivity contribution in [2.75, 3.05) is 13.1 Å². The molecule has 4 rings (SSSR count). The van der Waals surface area contributed by atoms with E-state index in [2.05, 4.69) is 15.4 Å². The highest BCUT2D eigenvalue weighted by Gasteiger charge is 2.28. The van der Waals surface area contributed by atoms with E-state index >= 15 is 0 Å². The van der Waals surface area contributed by atoms with Crippen molar-refractivity contribution in [2.24, 2.45) is 5.73 Å². The Bertz CT molecular complexity index is 1350. The second kappa shape index (κ2) is 10.2. The summed E-state index contributed by atoms with van der Waals surface area (Å²) in [5.41, 5.74) is 9.68. The number of aromatic amines is 1. The number of hydrogen-bond donors (Lipinski definition) is 3. The number of likely N-dealkylation sites (tertiary alicyclic amines) is 1. The number of carbonyl (C=O) groups excluding carboxylic acids is 2. The van der Waals surface area contributed by atoms with E-state index in [0.717, 1.165) is 29.8 Å². The number of H-pyrrole nitrogens is 1. The van der Waals surface area contributed by atoms with E-state index in [1.165, 1.54) is 0 Å². The second-order valence-corrected chi connectivity index (χ2v) is 10.0. The van der Waals surface area contributed by atoms with Crippen LogP contribution in [0.15, 0.2) is 23.1 Å². The molecule has 4 heterocycles. The first-order valence-corrected chi connectivity index (χ1v) is 12.5. The van der Waals surface area contributed by atoms with Gasteiger partial charge in [0.1, 0.15) is 0 Å². The van der Waals surface area contributed by atoms with Crippen LogP contribution in [0.2, 0.25) is 0 Å². The van der Waals surface area contributed by atoms with Crippen LogP contribution in [0.1, 0.15) is 78.4 Å². The first-order chi connectivity index (χ1) is 17.1. The Morgan fingerprint density at radius 1 is 1.19 bits per heavy atom. The molecule has 1 aliphatic heterocycles. The summed E-state index contributed by atoms with van der Waals surface area (Å²) in [4.78, 5) is 47.6. The molecule has 0 radical (unpaired) electrons. The number of fused-ring (bicyclic) bond motifs is 1. The maximum atomic E-state index is 13.4. The molecule has 1 atom stereocenters. The smallest absolute Gasteiger partial charge is 0.253 e. The molecule has 3 aromatic heterocycles. The van der Waals surface area contributed by atoms with Crippen molar-refractivity contribution in [1.29, 1.82) is 0 Å². The molecule has 1 saturated heterocycles. The number of aromatic nitrogens is 4. The van der Waals surface area contributed by atoms with Crippen LogP contribution in [0.3, 0.4) is 0 Å². The first kappa shape index (κ1) is 25.6. The minimum atomic E-state index is -0.517. The van der Waals surface area contributed by atoms with Gasteiger partial charge < -0.3 is 20.9 Å². The number of rotatable bonds is 6. The van der Waals surface area contributed by atoms with Crippen molar-refractivity contribution in [3.8, 4) is 0 Å². The van der Waals surface area contributed by atoms with Gasteiger partial charge in [-0.1, -0.05) is 0 Å². The van der Waals surface area contributed by atoms with Gasteiger partial charge in [-0.3, -0.25) is 14.4 Å². The van der Waals surface area contributed by atoms with Gasteiger partial charge >= 0.3 is 0 Å². The van der Waals surface area contributed by atoms with Crippen LogP contribution in [-0.2, 0) is 11.3 Å². The van der Waals surface area contributed by atoms with Crippen molar-refractivity contribution in [3.63, 3.8) is 0 Å². The minimum absolute atomic E-state index is 0.0452. The number of aryl methyl sites for hydroxylation is 2. The van der Waals surface area contributed by atoms with Crippen molar-refractivity contribution in [3.05, 3.63) is 56.8 Å². The van der Waals surface area contributed by atoms with Crippen LogP contribution in [0.5, 0.6) is 0 Å². The monoisotopic (exact) mass is 493 g/mol. The number of nitrogens with zero attached hydrogens (tertiary/aromatic N) is 4. The lowest BCUT2D eigenvalue weighted by molar-refractivity contribution is -0.133. The van der Waals surface area contributed by atoms with Crippen LogP contribution in [0, 0.1) is 13.8 Å². The highest BCUT2D eigenvalue weighted by Crippen LogP contribution is 2.31. The van der Waals surface area contributed by atoms with Crippen LogP contribution in [0.25, 0.3) is 11.0 Å². The first-order valence-electron chi connectivity index (χ1n) is 12.5. The number of piperidine rings is 1. The van der Waals surface area contributed by atoms with Crippen LogP contribution < -0.4 is 16.6 Å². The Morgan fingerprint density at radius 3 is 2.50 bits per heavy atom. The van der Waals surface area contributed by atoms with E-state index < -0.39 is 6.04 Å². The summed E-state index contributed by atoms with van der Waals surface area (Å²) in [6, 6.07) is 3.28. The Morgan fingerprint density at radius 2 is 1.89 bits per heavy atom. The lowest BCUT2D eigenvalue weighted by atomic mass is 9.91. The van der Waals surface area contributed by atoms with Gasteiger partial charge in [-0.15, -0.1) is 0 Å². The average molecular weight is 494 g/mol. The summed E-state index contributed by atoms with van der Waals surface area (Å²) in [6.07, 6.45) is 3.16. The molecule has 0 bridgehead atoms.